The summed E-state index contributed by atoms with van der Waals surface area (Å²) in [6.45, 7) is 13.8. The van der Waals surface area contributed by atoms with Gasteiger partial charge in [-0.3, -0.25) is 0 Å². The number of hydrogen-bond donors (Lipinski definition) is 0. The van der Waals surface area contributed by atoms with E-state index >= 15 is 0 Å². The van der Waals surface area contributed by atoms with Gasteiger partial charge >= 0.3 is 0 Å². The average molecular weight is 370 g/mol. The van der Waals surface area contributed by atoms with Crippen molar-refractivity contribution in [1.82, 2.24) is 9.55 Å². The van der Waals surface area contributed by atoms with Gasteiger partial charge < -0.3 is 13.7 Å². The van der Waals surface area contributed by atoms with Gasteiger partial charge in [0, 0.05) is 5.56 Å². The Morgan fingerprint density at radius 1 is 1.23 bits per heavy atom. The molecule has 0 atom stereocenters. The molecule has 0 amide bonds. The molecule has 2 rings (SSSR count). The smallest absolute Gasteiger partial charge is 0.237 e. The normalized spacial score (nSPS) is 12.0. The second-order valence-corrected chi connectivity index (χ2v) is 9.65. The molecule has 0 aliphatic rings. The van der Waals surface area contributed by atoms with Crippen molar-refractivity contribution in [3.8, 4) is 11.8 Å². The zero-order chi connectivity index (χ0) is 19.4. The monoisotopic (exact) mass is 369 g/mol. The van der Waals surface area contributed by atoms with Crippen LogP contribution in [0.1, 0.15) is 58.4 Å². The van der Waals surface area contributed by atoms with Gasteiger partial charge in [-0.2, -0.15) is 5.26 Å². The second kappa shape index (κ2) is 8.06. The molecule has 1 heterocycles. The standard InChI is InChI=1S/C20H27N3O2Si/c1-7-24-17-10-15(11-21)8-9-16(17)13-23-14-22-12-18(23)20(5,6)25-26-19(2,3)4/h8-10,12,14H,7,13H2,1-6H3. The summed E-state index contributed by atoms with van der Waals surface area (Å²) < 4.78 is 14.0. The van der Waals surface area contributed by atoms with Gasteiger partial charge in [0.1, 0.15) is 5.75 Å². The number of benzene rings is 1. The Morgan fingerprint density at radius 2 is 1.96 bits per heavy atom. The third kappa shape index (κ3) is 5.20. The van der Waals surface area contributed by atoms with Gasteiger partial charge in [-0.05, 0) is 37.9 Å². The van der Waals surface area contributed by atoms with E-state index in [-0.39, 0.29) is 5.04 Å². The highest BCUT2D eigenvalue weighted by Gasteiger charge is 2.28. The van der Waals surface area contributed by atoms with Crippen LogP contribution in [0.2, 0.25) is 5.04 Å². The van der Waals surface area contributed by atoms with Crippen molar-refractivity contribution in [1.29, 1.82) is 5.26 Å². The lowest BCUT2D eigenvalue weighted by atomic mass is 10.1. The molecule has 6 heteroatoms. The van der Waals surface area contributed by atoms with Crippen molar-refractivity contribution in [3.63, 3.8) is 0 Å². The lowest BCUT2D eigenvalue weighted by molar-refractivity contribution is 0.100. The zero-order valence-corrected chi connectivity index (χ0v) is 17.5. The van der Waals surface area contributed by atoms with Gasteiger partial charge in [0.2, 0.25) is 9.76 Å². The van der Waals surface area contributed by atoms with Crippen LogP contribution in [0.25, 0.3) is 0 Å². The topological polar surface area (TPSA) is 60.1 Å². The maximum atomic E-state index is 9.12. The minimum atomic E-state index is -0.444. The summed E-state index contributed by atoms with van der Waals surface area (Å²) in [5.41, 5.74) is 2.18. The first-order valence-electron chi connectivity index (χ1n) is 8.78. The highest BCUT2D eigenvalue weighted by Crippen LogP contribution is 2.30. The summed E-state index contributed by atoms with van der Waals surface area (Å²) in [5, 5.41) is 9.24. The van der Waals surface area contributed by atoms with Crippen LogP contribution in [0.3, 0.4) is 0 Å². The highest BCUT2D eigenvalue weighted by atomic mass is 28.2. The molecule has 1 aromatic heterocycles. The number of ether oxygens (including phenoxy) is 1. The van der Waals surface area contributed by atoms with E-state index in [1.54, 1.807) is 6.07 Å². The molecule has 0 aliphatic heterocycles. The van der Waals surface area contributed by atoms with Crippen LogP contribution in [0.5, 0.6) is 5.75 Å². The minimum Gasteiger partial charge on any atom is -0.493 e. The molecule has 1 aromatic carbocycles. The predicted molar refractivity (Wildman–Crippen MR) is 103 cm³/mol. The maximum Gasteiger partial charge on any atom is 0.237 e. The third-order valence-corrected chi connectivity index (χ3v) is 5.00. The molecule has 5 nitrogen and oxygen atoms in total. The molecule has 2 radical (unpaired) electrons. The van der Waals surface area contributed by atoms with Crippen LogP contribution < -0.4 is 4.74 Å². The van der Waals surface area contributed by atoms with Gasteiger partial charge in [0.25, 0.3) is 0 Å². The summed E-state index contributed by atoms with van der Waals surface area (Å²) in [6.07, 6.45) is 3.67. The van der Waals surface area contributed by atoms with Gasteiger partial charge in [-0.1, -0.05) is 26.8 Å². The Bertz CT molecular complexity index is 785. The Balaban J connectivity index is 2.27. The molecular formula is C20H27N3O2Si. The Labute approximate surface area is 158 Å². The lowest BCUT2D eigenvalue weighted by Crippen LogP contribution is -2.30. The highest BCUT2D eigenvalue weighted by molar-refractivity contribution is 6.31. The minimum absolute atomic E-state index is 0.122. The van der Waals surface area contributed by atoms with E-state index in [0.717, 1.165) is 17.0 Å². The molecule has 26 heavy (non-hydrogen) atoms. The van der Waals surface area contributed by atoms with Crippen molar-refractivity contribution < 1.29 is 9.16 Å². The van der Waals surface area contributed by atoms with Crippen LogP contribution in [-0.2, 0) is 16.6 Å². The fourth-order valence-corrected chi connectivity index (χ4v) is 3.18. The lowest BCUT2D eigenvalue weighted by Gasteiger charge is -2.30. The van der Waals surface area contributed by atoms with Crippen LogP contribution in [-0.4, -0.2) is 25.9 Å². The summed E-state index contributed by atoms with van der Waals surface area (Å²) in [6, 6.07) is 7.71. The summed E-state index contributed by atoms with van der Waals surface area (Å²) >= 11 is 0. The fourth-order valence-electron chi connectivity index (χ4n) is 2.51. The second-order valence-electron chi connectivity index (χ2n) is 7.74. The maximum absolute atomic E-state index is 9.12. The van der Waals surface area contributed by atoms with Crippen LogP contribution >= 0.6 is 0 Å². The molecule has 0 spiro atoms. The van der Waals surface area contributed by atoms with Crippen LogP contribution in [0.15, 0.2) is 30.7 Å². The van der Waals surface area contributed by atoms with E-state index in [9.17, 15) is 0 Å². The Morgan fingerprint density at radius 3 is 2.58 bits per heavy atom. The van der Waals surface area contributed by atoms with E-state index in [1.165, 1.54) is 0 Å². The van der Waals surface area contributed by atoms with Gasteiger partial charge in [-0.15, -0.1) is 0 Å². The quantitative estimate of drug-likeness (QED) is 0.683. The SMILES string of the molecule is CCOc1cc(C#N)ccc1Cn1cncc1C(C)(C)O[Si]C(C)(C)C. The number of nitriles is 1. The molecule has 0 saturated carbocycles. The molecule has 0 bridgehead atoms. The van der Waals surface area contributed by atoms with Crippen LogP contribution in [0.4, 0.5) is 0 Å². The summed E-state index contributed by atoms with van der Waals surface area (Å²) in [4.78, 5) is 4.33. The Kier molecular flexibility index (Phi) is 6.27. The largest absolute Gasteiger partial charge is 0.493 e. The number of nitrogens with zero attached hydrogens (tertiary/aromatic N) is 3. The molecule has 2 aromatic rings. The van der Waals surface area contributed by atoms with E-state index < -0.39 is 5.60 Å². The third-order valence-electron chi connectivity index (χ3n) is 3.78. The van der Waals surface area contributed by atoms with E-state index in [4.69, 9.17) is 14.4 Å². The van der Waals surface area contributed by atoms with Gasteiger partial charge in [0.05, 0.1) is 48.6 Å². The molecule has 0 fully saturated rings. The van der Waals surface area contributed by atoms with Crippen molar-refractivity contribution in [2.45, 2.75) is 58.7 Å². The van der Waals surface area contributed by atoms with Crippen molar-refractivity contribution in [3.05, 3.63) is 47.5 Å². The number of hydrogen-bond acceptors (Lipinski definition) is 4. The van der Waals surface area contributed by atoms with E-state index in [0.29, 0.717) is 28.5 Å². The first kappa shape index (κ1) is 20.2. The average Bonchev–Trinajstić information content (AvgIpc) is 3.03. The fraction of sp³-hybridized carbons (Fsp3) is 0.500. The number of aromatic nitrogens is 2. The summed E-state index contributed by atoms with van der Waals surface area (Å²) in [7, 11) is 0.389. The molecule has 0 unspecified atom stereocenters. The molecule has 0 saturated heterocycles. The first-order chi connectivity index (χ1) is 12.2. The number of imidazole rings is 1. The molecule has 138 valence electrons. The predicted octanol–water partition coefficient (Wildman–Crippen LogP) is 4.29. The first-order valence-corrected chi connectivity index (χ1v) is 9.68. The Hall–Kier alpha value is -2.10. The van der Waals surface area contributed by atoms with E-state index in [1.807, 2.05) is 31.6 Å². The van der Waals surface area contributed by atoms with Crippen LogP contribution in [0, 0.1) is 11.3 Å². The molecule has 0 N–H and O–H groups in total. The van der Waals surface area contributed by atoms with Crippen molar-refractivity contribution in [2.24, 2.45) is 0 Å². The molecule has 0 aliphatic carbocycles. The van der Waals surface area contributed by atoms with Gasteiger partial charge in [0.15, 0.2) is 0 Å². The van der Waals surface area contributed by atoms with Crippen molar-refractivity contribution in [2.75, 3.05) is 6.61 Å². The van der Waals surface area contributed by atoms with E-state index in [2.05, 4.69) is 50.2 Å². The van der Waals surface area contributed by atoms with Gasteiger partial charge in [-0.25, -0.2) is 4.98 Å². The van der Waals surface area contributed by atoms with Crippen molar-refractivity contribution >= 4 is 9.76 Å². The number of rotatable bonds is 7. The zero-order valence-electron chi connectivity index (χ0n) is 16.5. The molecular weight excluding hydrogens is 342 g/mol. The summed E-state index contributed by atoms with van der Waals surface area (Å²) in [5.74, 6) is 0.737.